The second kappa shape index (κ2) is 7.19. The molecule has 0 spiro atoms. The van der Waals surface area contributed by atoms with Crippen LogP contribution in [0.1, 0.15) is 0 Å². The van der Waals surface area contributed by atoms with Crippen molar-refractivity contribution in [2.24, 2.45) is 0 Å². The SMILES string of the molecule is COc1ccc(-c2cc(-c3ccccc3Cl)nc3cnc4ccccc4c23)cc1. The molecule has 3 nitrogen and oxygen atoms in total. The summed E-state index contributed by atoms with van der Waals surface area (Å²) in [7, 11) is 1.67. The van der Waals surface area contributed by atoms with E-state index in [2.05, 4.69) is 29.2 Å². The van der Waals surface area contributed by atoms with Crippen LogP contribution in [0.4, 0.5) is 0 Å². The Bertz CT molecular complexity index is 1350. The lowest BCUT2D eigenvalue weighted by Crippen LogP contribution is -1.93. The molecule has 0 bridgehead atoms. The zero-order valence-electron chi connectivity index (χ0n) is 15.8. The minimum atomic E-state index is 0.675. The van der Waals surface area contributed by atoms with Gasteiger partial charge < -0.3 is 4.74 Å². The van der Waals surface area contributed by atoms with E-state index in [-0.39, 0.29) is 0 Å². The van der Waals surface area contributed by atoms with E-state index in [0.29, 0.717) is 5.02 Å². The van der Waals surface area contributed by atoms with Gasteiger partial charge in [0.05, 0.1) is 30.0 Å². The molecule has 0 atom stereocenters. The summed E-state index contributed by atoms with van der Waals surface area (Å²) in [6.07, 6.45) is 1.84. The Morgan fingerprint density at radius 2 is 1.55 bits per heavy atom. The Labute approximate surface area is 173 Å². The highest BCUT2D eigenvalue weighted by Crippen LogP contribution is 2.37. The quantitative estimate of drug-likeness (QED) is 0.315. The fourth-order valence-electron chi connectivity index (χ4n) is 3.67. The monoisotopic (exact) mass is 396 g/mol. The first-order chi connectivity index (χ1) is 14.2. The van der Waals surface area contributed by atoms with Gasteiger partial charge in [0.25, 0.3) is 0 Å². The molecule has 140 valence electrons. The van der Waals surface area contributed by atoms with Crippen molar-refractivity contribution in [2.45, 2.75) is 0 Å². The lowest BCUT2D eigenvalue weighted by Gasteiger charge is -2.13. The number of hydrogen-bond acceptors (Lipinski definition) is 3. The first kappa shape index (κ1) is 17.7. The summed E-state index contributed by atoms with van der Waals surface area (Å²) in [5.74, 6) is 0.824. The summed E-state index contributed by atoms with van der Waals surface area (Å²) in [6.45, 7) is 0. The summed E-state index contributed by atoms with van der Waals surface area (Å²) < 4.78 is 5.33. The average Bonchev–Trinajstić information content (AvgIpc) is 2.78. The fraction of sp³-hybridized carbons (Fsp3) is 0.0400. The van der Waals surface area contributed by atoms with Crippen molar-refractivity contribution in [3.63, 3.8) is 0 Å². The molecule has 0 N–H and O–H groups in total. The predicted molar refractivity (Wildman–Crippen MR) is 119 cm³/mol. The Hall–Kier alpha value is -3.43. The number of aromatic nitrogens is 2. The molecule has 0 saturated carbocycles. The molecule has 2 heterocycles. The van der Waals surface area contributed by atoms with E-state index < -0.39 is 0 Å². The second-order valence-electron chi connectivity index (χ2n) is 6.80. The van der Waals surface area contributed by atoms with Crippen molar-refractivity contribution in [2.75, 3.05) is 7.11 Å². The van der Waals surface area contributed by atoms with Gasteiger partial charge in [-0.3, -0.25) is 4.98 Å². The van der Waals surface area contributed by atoms with Crippen molar-refractivity contribution >= 4 is 33.4 Å². The third kappa shape index (κ3) is 3.10. The number of pyridine rings is 2. The number of para-hydroxylation sites is 1. The molecule has 0 aliphatic rings. The first-order valence-corrected chi connectivity index (χ1v) is 9.70. The predicted octanol–water partition coefficient (Wildman–Crippen LogP) is 6.78. The zero-order chi connectivity index (χ0) is 19.8. The molecule has 0 unspecified atom stereocenters. The summed E-state index contributed by atoms with van der Waals surface area (Å²) in [6, 6.07) is 26.1. The van der Waals surface area contributed by atoms with Gasteiger partial charge in [-0.1, -0.05) is 60.1 Å². The Morgan fingerprint density at radius 1 is 0.793 bits per heavy atom. The molecule has 0 saturated heterocycles. The molecule has 0 aliphatic carbocycles. The van der Waals surface area contributed by atoms with Crippen molar-refractivity contribution in [1.82, 2.24) is 9.97 Å². The van der Waals surface area contributed by atoms with E-state index in [9.17, 15) is 0 Å². The Balaban J connectivity index is 1.87. The largest absolute Gasteiger partial charge is 0.497 e. The van der Waals surface area contributed by atoms with Crippen molar-refractivity contribution in [1.29, 1.82) is 0 Å². The van der Waals surface area contributed by atoms with E-state index in [1.807, 2.05) is 60.8 Å². The molecule has 0 aliphatic heterocycles. The highest BCUT2D eigenvalue weighted by atomic mass is 35.5. The third-order valence-corrected chi connectivity index (χ3v) is 5.43. The normalized spacial score (nSPS) is 11.1. The maximum Gasteiger partial charge on any atom is 0.118 e. The number of fused-ring (bicyclic) bond motifs is 3. The lowest BCUT2D eigenvalue weighted by atomic mass is 9.96. The van der Waals surface area contributed by atoms with Crippen molar-refractivity contribution < 1.29 is 4.74 Å². The number of benzene rings is 3. The van der Waals surface area contributed by atoms with Crippen LogP contribution in [0.3, 0.4) is 0 Å². The molecule has 0 radical (unpaired) electrons. The van der Waals surface area contributed by atoms with Gasteiger partial charge in [0.1, 0.15) is 5.75 Å². The van der Waals surface area contributed by atoms with E-state index in [1.54, 1.807) is 7.11 Å². The molecule has 5 aromatic rings. The van der Waals surface area contributed by atoms with Gasteiger partial charge in [-0.2, -0.15) is 0 Å². The molecular weight excluding hydrogens is 380 g/mol. The molecule has 2 aromatic heterocycles. The molecule has 0 amide bonds. The van der Waals surface area contributed by atoms with Crippen molar-refractivity contribution in [3.8, 4) is 28.1 Å². The van der Waals surface area contributed by atoms with Crippen LogP contribution in [-0.4, -0.2) is 17.1 Å². The third-order valence-electron chi connectivity index (χ3n) is 5.10. The topological polar surface area (TPSA) is 35.0 Å². The van der Waals surface area contributed by atoms with Crippen LogP contribution in [0.2, 0.25) is 5.02 Å². The van der Waals surface area contributed by atoms with Gasteiger partial charge >= 0.3 is 0 Å². The van der Waals surface area contributed by atoms with Crippen LogP contribution in [0.5, 0.6) is 5.75 Å². The van der Waals surface area contributed by atoms with Crippen LogP contribution in [0.15, 0.2) is 85.1 Å². The van der Waals surface area contributed by atoms with Crippen LogP contribution >= 0.6 is 11.6 Å². The first-order valence-electron chi connectivity index (χ1n) is 9.32. The molecule has 29 heavy (non-hydrogen) atoms. The van der Waals surface area contributed by atoms with E-state index in [1.165, 1.54) is 0 Å². The number of methoxy groups -OCH3 is 1. The van der Waals surface area contributed by atoms with Crippen LogP contribution in [0.25, 0.3) is 44.2 Å². The molecule has 0 fully saturated rings. The smallest absolute Gasteiger partial charge is 0.118 e. The van der Waals surface area contributed by atoms with Crippen molar-refractivity contribution in [3.05, 3.63) is 90.1 Å². The van der Waals surface area contributed by atoms with E-state index >= 15 is 0 Å². The van der Waals surface area contributed by atoms with E-state index in [4.69, 9.17) is 21.3 Å². The lowest BCUT2D eigenvalue weighted by molar-refractivity contribution is 0.415. The van der Waals surface area contributed by atoms with Gasteiger partial charge in [-0.25, -0.2) is 4.98 Å². The summed E-state index contributed by atoms with van der Waals surface area (Å²) in [4.78, 5) is 9.52. The van der Waals surface area contributed by atoms with Gasteiger partial charge in [0.15, 0.2) is 0 Å². The van der Waals surface area contributed by atoms with E-state index in [0.717, 1.165) is 49.9 Å². The van der Waals surface area contributed by atoms with Gasteiger partial charge in [-0.15, -0.1) is 0 Å². The Morgan fingerprint density at radius 3 is 2.34 bits per heavy atom. The number of halogens is 1. The minimum absolute atomic E-state index is 0.675. The Kier molecular flexibility index (Phi) is 4.38. The average molecular weight is 397 g/mol. The number of hydrogen-bond donors (Lipinski definition) is 0. The summed E-state index contributed by atoms with van der Waals surface area (Å²) in [5, 5.41) is 2.83. The van der Waals surface area contributed by atoms with Crippen LogP contribution in [0, 0.1) is 0 Å². The summed E-state index contributed by atoms with van der Waals surface area (Å²) >= 11 is 6.47. The second-order valence-corrected chi connectivity index (χ2v) is 7.21. The minimum Gasteiger partial charge on any atom is -0.497 e. The molecule has 5 rings (SSSR count). The highest BCUT2D eigenvalue weighted by molar-refractivity contribution is 6.33. The summed E-state index contributed by atoms with van der Waals surface area (Å²) in [5.41, 5.74) is 5.69. The standard InChI is InChI=1S/C25H17ClN2O/c1-29-17-12-10-16(11-13-17)20-14-23(18-6-2-4-8-21(18)26)28-24-15-27-22-9-5-3-7-19(22)25(20)24/h2-15H,1H3. The van der Waals surface area contributed by atoms with Gasteiger partial charge in [0.2, 0.25) is 0 Å². The van der Waals surface area contributed by atoms with Gasteiger partial charge in [0, 0.05) is 21.4 Å². The molecule has 4 heteroatoms. The number of nitrogens with zero attached hydrogens (tertiary/aromatic N) is 2. The fourth-order valence-corrected chi connectivity index (χ4v) is 3.91. The van der Waals surface area contributed by atoms with Crippen LogP contribution < -0.4 is 4.74 Å². The maximum atomic E-state index is 6.47. The number of rotatable bonds is 3. The molecule has 3 aromatic carbocycles. The zero-order valence-corrected chi connectivity index (χ0v) is 16.5. The molecular formula is C25H17ClN2O. The maximum absolute atomic E-state index is 6.47. The van der Waals surface area contributed by atoms with Gasteiger partial charge in [-0.05, 0) is 41.5 Å². The number of ether oxygens (including phenoxy) is 1. The highest BCUT2D eigenvalue weighted by Gasteiger charge is 2.14. The van der Waals surface area contributed by atoms with Crippen LogP contribution in [-0.2, 0) is 0 Å².